The van der Waals surface area contributed by atoms with Gasteiger partial charge in [0.1, 0.15) is 11.5 Å². The number of hydrogen-bond acceptors (Lipinski definition) is 6. The van der Waals surface area contributed by atoms with Crippen LogP contribution in [0.15, 0.2) is 47.4 Å². The van der Waals surface area contributed by atoms with E-state index < -0.39 is 5.97 Å². The highest BCUT2D eigenvalue weighted by Gasteiger charge is 2.25. The molecule has 1 atom stereocenters. The third kappa shape index (κ3) is 4.59. The quantitative estimate of drug-likeness (QED) is 0.711. The van der Waals surface area contributed by atoms with Crippen LogP contribution in [0.25, 0.3) is 0 Å². The van der Waals surface area contributed by atoms with Crippen molar-refractivity contribution in [2.24, 2.45) is 0 Å². The average Bonchev–Trinajstić information content (AvgIpc) is 2.89. The molecule has 7 heteroatoms. The molecule has 0 aromatic heterocycles. The monoisotopic (exact) mass is 401 g/mol. The van der Waals surface area contributed by atoms with Crippen molar-refractivity contribution in [3.8, 4) is 11.5 Å². The Morgan fingerprint density at radius 2 is 1.79 bits per heavy atom. The van der Waals surface area contributed by atoms with Crippen LogP contribution in [0, 0.1) is 0 Å². The molecule has 1 aliphatic heterocycles. The maximum Gasteiger partial charge on any atom is 0.338 e. The molecule has 28 heavy (non-hydrogen) atoms. The first-order valence-corrected chi connectivity index (χ1v) is 9.86. The second-order valence-corrected chi connectivity index (χ2v) is 7.89. The summed E-state index contributed by atoms with van der Waals surface area (Å²) in [7, 11) is 3.01. The number of anilines is 1. The van der Waals surface area contributed by atoms with Gasteiger partial charge in [-0.25, -0.2) is 4.79 Å². The van der Waals surface area contributed by atoms with Crippen LogP contribution >= 0.6 is 11.8 Å². The highest BCUT2D eigenvalue weighted by atomic mass is 32.2. The molecule has 6 nitrogen and oxygen atoms in total. The minimum Gasteiger partial charge on any atom is -0.497 e. The number of fused-ring (bicyclic) bond motifs is 1. The zero-order chi connectivity index (χ0) is 20.1. The van der Waals surface area contributed by atoms with Gasteiger partial charge < -0.3 is 19.1 Å². The number of esters is 1. The molecule has 1 aliphatic rings. The van der Waals surface area contributed by atoms with Gasteiger partial charge in [-0.1, -0.05) is 19.1 Å². The van der Waals surface area contributed by atoms with Gasteiger partial charge in [0, 0.05) is 22.8 Å². The van der Waals surface area contributed by atoms with Gasteiger partial charge in [-0.15, -0.1) is 11.8 Å². The van der Waals surface area contributed by atoms with Gasteiger partial charge in [0.05, 0.1) is 25.5 Å². The number of rotatable bonds is 5. The van der Waals surface area contributed by atoms with E-state index in [1.165, 1.54) is 14.2 Å². The lowest BCUT2D eigenvalue weighted by Crippen LogP contribution is -2.35. The summed E-state index contributed by atoms with van der Waals surface area (Å²) in [5.74, 6) is 0.108. The van der Waals surface area contributed by atoms with Crippen LogP contribution in [0.3, 0.4) is 0 Å². The Balaban J connectivity index is 1.71. The van der Waals surface area contributed by atoms with E-state index in [0.717, 1.165) is 17.0 Å². The smallest absolute Gasteiger partial charge is 0.338 e. The molecule has 0 N–H and O–H groups in total. The summed E-state index contributed by atoms with van der Waals surface area (Å²) in [6, 6.07) is 12.6. The molecule has 0 radical (unpaired) electrons. The molecule has 148 valence electrons. The minimum atomic E-state index is -0.601. The van der Waals surface area contributed by atoms with Crippen LogP contribution in [-0.2, 0) is 9.53 Å². The molecule has 3 rings (SSSR count). The molecular weight excluding hydrogens is 378 g/mol. The van der Waals surface area contributed by atoms with Gasteiger partial charge in [-0.05, 0) is 30.7 Å². The molecule has 0 saturated carbocycles. The maximum absolute atomic E-state index is 12.8. The molecule has 0 aliphatic carbocycles. The van der Waals surface area contributed by atoms with E-state index in [0.29, 0.717) is 23.3 Å². The highest BCUT2D eigenvalue weighted by Crippen LogP contribution is 2.37. The first kappa shape index (κ1) is 20.1. The molecule has 0 bridgehead atoms. The normalized spacial score (nSPS) is 16.0. The van der Waals surface area contributed by atoms with E-state index in [9.17, 15) is 9.59 Å². The van der Waals surface area contributed by atoms with Gasteiger partial charge in [0.25, 0.3) is 5.91 Å². The SMILES string of the molecule is COc1cc(OC)cc(C(=O)OCC(=O)N2CC[C@H](C)Sc3ccccc32)c1. The van der Waals surface area contributed by atoms with E-state index in [4.69, 9.17) is 14.2 Å². The Hall–Kier alpha value is -2.67. The summed E-state index contributed by atoms with van der Waals surface area (Å²) < 4.78 is 15.6. The Bertz CT molecular complexity index is 847. The minimum absolute atomic E-state index is 0.245. The summed E-state index contributed by atoms with van der Waals surface area (Å²) in [4.78, 5) is 28.0. The van der Waals surface area contributed by atoms with Crippen LogP contribution in [-0.4, -0.2) is 44.5 Å². The predicted octanol–water partition coefficient (Wildman–Crippen LogP) is 3.78. The van der Waals surface area contributed by atoms with Gasteiger partial charge >= 0.3 is 5.97 Å². The Labute approximate surface area is 168 Å². The van der Waals surface area contributed by atoms with Crippen LogP contribution in [0.1, 0.15) is 23.7 Å². The second-order valence-electron chi connectivity index (χ2n) is 6.41. The van der Waals surface area contributed by atoms with Crippen molar-refractivity contribution in [2.75, 3.05) is 32.3 Å². The lowest BCUT2D eigenvalue weighted by molar-refractivity contribution is -0.121. The highest BCUT2D eigenvalue weighted by molar-refractivity contribution is 8.00. The lowest BCUT2D eigenvalue weighted by atomic mass is 10.2. The topological polar surface area (TPSA) is 65.1 Å². The first-order valence-electron chi connectivity index (χ1n) is 8.98. The van der Waals surface area contributed by atoms with E-state index in [1.807, 2.05) is 24.3 Å². The van der Waals surface area contributed by atoms with Crippen molar-refractivity contribution in [3.05, 3.63) is 48.0 Å². The number of hydrogen-bond donors (Lipinski definition) is 0. The number of benzene rings is 2. The van der Waals surface area contributed by atoms with E-state index in [-0.39, 0.29) is 18.1 Å². The fourth-order valence-electron chi connectivity index (χ4n) is 2.96. The van der Waals surface area contributed by atoms with E-state index in [1.54, 1.807) is 34.9 Å². The Morgan fingerprint density at radius 3 is 2.46 bits per heavy atom. The maximum atomic E-state index is 12.8. The lowest BCUT2D eigenvalue weighted by Gasteiger charge is -2.22. The molecular formula is C21H23NO5S. The zero-order valence-electron chi connectivity index (χ0n) is 16.1. The van der Waals surface area contributed by atoms with Crippen molar-refractivity contribution >= 4 is 29.3 Å². The van der Waals surface area contributed by atoms with Crippen LogP contribution < -0.4 is 14.4 Å². The Kier molecular flexibility index (Phi) is 6.46. The molecule has 0 unspecified atom stereocenters. The molecule has 2 aromatic rings. The van der Waals surface area contributed by atoms with Crippen molar-refractivity contribution in [1.82, 2.24) is 0 Å². The van der Waals surface area contributed by atoms with Crippen molar-refractivity contribution < 1.29 is 23.8 Å². The molecule has 0 fully saturated rings. The summed E-state index contributed by atoms with van der Waals surface area (Å²) in [5, 5.41) is 0.408. The van der Waals surface area contributed by atoms with Gasteiger partial charge in [-0.2, -0.15) is 0 Å². The molecule has 2 aromatic carbocycles. The third-order valence-corrected chi connectivity index (χ3v) is 5.70. The predicted molar refractivity (Wildman–Crippen MR) is 109 cm³/mol. The van der Waals surface area contributed by atoms with E-state index >= 15 is 0 Å². The second kappa shape index (κ2) is 9.01. The summed E-state index contributed by atoms with van der Waals surface area (Å²) in [5.41, 5.74) is 1.13. The van der Waals surface area contributed by atoms with E-state index in [2.05, 4.69) is 6.92 Å². The van der Waals surface area contributed by atoms with Crippen LogP contribution in [0.5, 0.6) is 11.5 Å². The average molecular weight is 401 g/mol. The van der Waals surface area contributed by atoms with Gasteiger partial charge in [0.2, 0.25) is 0 Å². The van der Waals surface area contributed by atoms with Crippen molar-refractivity contribution in [3.63, 3.8) is 0 Å². The number of amides is 1. The number of nitrogens with zero attached hydrogens (tertiary/aromatic N) is 1. The fraction of sp³-hybridized carbons (Fsp3) is 0.333. The zero-order valence-corrected chi connectivity index (χ0v) is 17.0. The summed E-state index contributed by atoms with van der Waals surface area (Å²) >= 11 is 1.75. The molecule has 0 saturated heterocycles. The van der Waals surface area contributed by atoms with Gasteiger partial charge in [0.15, 0.2) is 6.61 Å². The largest absolute Gasteiger partial charge is 0.497 e. The first-order chi connectivity index (χ1) is 13.5. The van der Waals surface area contributed by atoms with Crippen molar-refractivity contribution in [1.29, 1.82) is 0 Å². The number of thioether (sulfide) groups is 1. The van der Waals surface area contributed by atoms with Crippen LogP contribution in [0.4, 0.5) is 5.69 Å². The number of ether oxygens (including phenoxy) is 3. The van der Waals surface area contributed by atoms with Crippen molar-refractivity contribution in [2.45, 2.75) is 23.5 Å². The third-order valence-electron chi connectivity index (χ3n) is 4.46. The molecule has 1 heterocycles. The number of carbonyl (C=O) groups is 2. The Morgan fingerprint density at radius 1 is 1.11 bits per heavy atom. The van der Waals surface area contributed by atoms with Gasteiger partial charge in [-0.3, -0.25) is 4.79 Å². The number of methoxy groups -OCH3 is 2. The molecule has 0 spiro atoms. The number of carbonyl (C=O) groups excluding carboxylic acids is 2. The van der Waals surface area contributed by atoms with Crippen LogP contribution in [0.2, 0.25) is 0 Å². The summed E-state index contributed by atoms with van der Waals surface area (Å²) in [6.07, 6.45) is 0.867. The summed E-state index contributed by atoms with van der Waals surface area (Å²) in [6.45, 7) is 2.41. The fourth-order valence-corrected chi connectivity index (χ4v) is 4.07. The standard InChI is InChI=1S/C21H23NO5S/c1-14-8-9-22(18-6-4-5-7-19(18)28-14)20(23)13-27-21(24)15-10-16(25-2)12-17(11-15)26-3/h4-7,10-12,14H,8-9,13H2,1-3H3/t14-/m0/s1. The molecule has 1 amide bonds. The number of para-hydroxylation sites is 1.